The molecular formula is C13H12FNO3. The van der Waals surface area contributed by atoms with E-state index in [4.69, 9.17) is 0 Å². The van der Waals surface area contributed by atoms with Gasteiger partial charge in [-0.05, 0) is 25.0 Å². The maximum absolute atomic E-state index is 12.7. The lowest BCUT2D eigenvalue weighted by Gasteiger charge is -2.13. The number of hydrogen-bond acceptors (Lipinski definition) is 3. The van der Waals surface area contributed by atoms with Crippen LogP contribution in [0.2, 0.25) is 0 Å². The molecule has 0 radical (unpaired) electrons. The molecule has 94 valence electrons. The maximum atomic E-state index is 12.7. The average Bonchev–Trinajstić information content (AvgIpc) is 2.64. The van der Waals surface area contributed by atoms with Crippen LogP contribution in [0.25, 0.3) is 0 Å². The molecule has 5 heteroatoms. The lowest BCUT2D eigenvalue weighted by Crippen LogP contribution is -2.31. The highest BCUT2D eigenvalue weighted by molar-refractivity contribution is 6.21. The second-order valence-corrected chi connectivity index (χ2v) is 4.10. The molecule has 4 nitrogen and oxygen atoms in total. The Hall–Kier alpha value is -2.04. The number of amides is 2. The SMILES string of the molecule is O=CC(F)CCCN1C(=O)c2ccccc2C1=O. The third-order valence-electron chi connectivity index (χ3n) is 2.89. The van der Waals surface area contributed by atoms with E-state index in [1.54, 1.807) is 24.3 Å². The summed E-state index contributed by atoms with van der Waals surface area (Å²) in [5.41, 5.74) is 0.768. The molecule has 0 aliphatic carbocycles. The van der Waals surface area contributed by atoms with Gasteiger partial charge in [0.1, 0.15) is 0 Å². The summed E-state index contributed by atoms with van der Waals surface area (Å²) in [6.07, 6.45) is -0.995. The summed E-state index contributed by atoms with van der Waals surface area (Å²) in [5, 5.41) is 0. The van der Waals surface area contributed by atoms with Crippen molar-refractivity contribution in [2.75, 3.05) is 6.54 Å². The van der Waals surface area contributed by atoms with Crippen molar-refractivity contribution < 1.29 is 18.8 Å². The van der Waals surface area contributed by atoms with Crippen molar-refractivity contribution in [2.45, 2.75) is 19.0 Å². The van der Waals surface area contributed by atoms with Crippen molar-refractivity contribution in [1.82, 2.24) is 4.90 Å². The van der Waals surface area contributed by atoms with Crippen LogP contribution in [0, 0.1) is 0 Å². The number of benzene rings is 1. The molecule has 0 N–H and O–H groups in total. The molecule has 0 saturated carbocycles. The molecule has 0 fully saturated rings. The lowest BCUT2D eigenvalue weighted by molar-refractivity contribution is -0.112. The first-order valence-electron chi connectivity index (χ1n) is 5.69. The van der Waals surface area contributed by atoms with Crippen LogP contribution in [0.4, 0.5) is 4.39 Å². The van der Waals surface area contributed by atoms with E-state index in [1.165, 1.54) is 0 Å². The summed E-state index contributed by atoms with van der Waals surface area (Å²) in [4.78, 5) is 35.0. The van der Waals surface area contributed by atoms with Gasteiger partial charge in [0.2, 0.25) is 0 Å². The van der Waals surface area contributed by atoms with Crippen molar-refractivity contribution in [2.24, 2.45) is 0 Å². The van der Waals surface area contributed by atoms with Crippen molar-refractivity contribution in [1.29, 1.82) is 0 Å². The van der Waals surface area contributed by atoms with Crippen LogP contribution in [-0.2, 0) is 4.79 Å². The van der Waals surface area contributed by atoms with Crippen molar-refractivity contribution in [3.63, 3.8) is 0 Å². The van der Waals surface area contributed by atoms with Crippen LogP contribution in [0.5, 0.6) is 0 Å². The fourth-order valence-electron chi connectivity index (χ4n) is 1.95. The van der Waals surface area contributed by atoms with E-state index in [0.29, 0.717) is 11.1 Å². The van der Waals surface area contributed by atoms with Gasteiger partial charge in [-0.25, -0.2) is 4.39 Å². The minimum absolute atomic E-state index is 0.0247. The highest BCUT2D eigenvalue weighted by Gasteiger charge is 2.34. The molecular weight excluding hydrogens is 237 g/mol. The summed E-state index contributed by atoms with van der Waals surface area (Å²) in [6, 6.07) is 6.58. The van der Waals surface area contributed by atoms with Gasteiger partial charge in [0.05, 0.1) is 11.1 Å². The predicted molar refractivity (Wildman–Crippen MR) is 62.0 cm³/mol. The smallest absolute Gasteiger partial charge is 0.261 e. The number of carbonyl (C=O) groups is 3. The zero-order chi connectivity index (χ0) is 13.1. The molecule has 1 atom stereocenters. The van der Waals surface area contributed by atoms with Crippen LogP contribution >= 0.6 is 0 Å². The van der Waals surface area contributed by atoms with Crippen LogP contribution in [0.1, 0.15) is 33.6 Å². The number of rotatable bonds is 5. The predicted octanol–water partition coefficient (Wildman–Crippen LogP) is 1.60. The van der Waals surface area contributed by atoms with Gasteiger partial charge in [-0.3, -0.25) is 14.5 Å². The van der Waals surface area contributed by atoms with Gasteiger partial charge < -0.3 is 4.79 Å². The molecule has 0 spiro atoms. The standard InChI is InChI=1S/C13H12FNO3/c14-9(8-16)4-3-7-15-12(17)10-5-1-2-6-11(10)13(15)18/h1-2,5-6,8-9H,3-4,7H2. The normalized spacial score (nSPS) is 15.7. The molecule has 1 aromatic rings. The Balaban J connectivity index is 2.03. The molecule has 1 aliphatic rings. The second kappa shape index (κ2) is 5.08. The van der Waals surface area contributed by atoms with Crippen LogP contribution in [0.3, 0.4) is 0 Å². The first-order valence-corrected chi connectivity index (χ1v) is 5.69. The van der Waals surface area contributed by atoms with E-state index in [-0.39, 0.29) is 37.5 Å². The number of fused-ring (bicyclic) bond motifs is 1. The molecule has 18 heavy (non-hydrogen) atoms. The lowest BCUT2D eigenvalue weighted by atomic mass is 10.1. The van der Waals surface area contributed by atoms with Gasteiger partial charge in [-0.1, -0.05) is 12.1 Å². The Morgan fingerprint density at radius 1 is 1.17 bits per heavy atom. The Labute approximate surface area is 103 Å². The van der Waals surface area contributed by atoms with Gasteiger partial charge in [0.15, 0.2) is 12.5 Å². The zero-order valence-electron chi connectivity index (χ0n) is 9.64. The van der Waals surface area contributed by atoms with Crippen molar-refractivity contribution in [3.8, 4) is 0 Å². The van der Waals surface area contributed by atoms with E-state index in [0.717, 1.165) is 4.90 Å². The number of halogens is 1. The van der Waals surface area contributed by atoms with Crippen LogP contribution in [-0.4, -0.2) is 35.7 Å². The molecule has 0 bridgehead atoms. The summed E-state index contributed by atoms with van der Waals surface area (Å²) in [6.45, 7) is 0.139. The molecule has 2 rings (SSSR count). The van der Waals surface area contributed by atoms with Gasteiger partial charge in [-0.2, -0.15) is 0 Å². The molecule has 0 aromatic heterocycles. The highest BCUT2D eigenvalue weighted by Crippen LogP contribution is 2.22. The second-order valence-electron chi connectivity index (χ2n) is 4.10. The van der Waals surface area contributed by atoms with Gasteiger partial charge >= 0.3 is 0 Å². The third-order valence-corrected chi connectivity index (χ3v) is 2.89. The zero-order valence-corrected chi connectivity index (χ0v) is 9.64. The topological polar surface area (TPSA) is 54.5 Å². The fourth-order valence-corrected chi connectivity index (χ4v) is 1.95. The Morgan fingerprint density at radius 3 is 2.22 bits per heavy atom. The minimum atomic E-state index is -1.53. The summed E-state index contributed by atoms with van der Waals surface area (Å²) in [5.74, 6) is -0.700. The number of imide groups is 1. The Morgan fingerprint density at radius 2 is 1.72 bits per heavy atom. The molecule has 1 unspecified atom stereocenters. The molecule has 1 aromatic carbocycles. The molecule has 1 heterocycles. The van der Waals surface area contributed by atoms with E-state index in [2.05, 4.69) is 0 Å². The third kappa shape index (κ3) is 2.16. The van der Waals surface area contributed by atoms with Crippen molar-refractivity contribution >= 4 is 18.1 Å². The van der Waals surface area contributed by atoms with Crippen molar-refractivity contribution in [3.05, 3.63) is 35.4 Å². The van der Waals surface area contributed by atoms with E-state index in [9.17, 15) is 18.8 Å². The number of aldehydes is 1. The Kier molecular flexibility index (Phi) is 3.50. The van der Waals surface area contributed by atoms with Crippen LogP contribution < -0.4 is 0 Å². The highest BCUT2D eigenvalue weighted by atomic mass is 19.1. The first kappa shape index (κ1) is 12.4. The number of nitrogens with zero attached hydrogens (tertiary/aromatic N) is 1. The van der Waals surface area contributed by atoms with Gasteiger partial charge in [-0.15, -0.1) is 0 Å². The van der Waals surface area contributed by atoms with E-state index < -0.39 is 6.17 Å². The van der Waals surface area contributed by atoms with Crippen LogP contribution in [0.15, 0.2) is 24.3 Å². The first-order chi connectivity index (χ1) is 8.65. The quantitative estimate of drug-likeness (QED) is 0.588. The summed E-state index contributed by atoms with van der Waals surface area (Å²) >= 11 is 0. The van der Waals surface area contributed by atoms with Gasteiger partial charge in [0, 0.05) is 6.54 Å². The summed E-state index contributed by atoms with van der Waals surface area (Å²) < 4.78 is 12.7. The van der Waals surface area contributed by atoms with E-state index in [1.807, 2.05) is 0 Å². The number of alkyl halides is 1. The number of carbonyl (C=O) groups excluding carboxylic acids is 3. The molecule has 0 saturated heterocycles. The summed E-state index contributed by atoms with van der Waals surface area (Å²) in [7, 11) is 0. The monoisotopic (exact) mass is 249 g/mol. The van der Waals surface area contributed by atoms with Gasteiger partial charge in [0.25, 0.3) is 11.8 Å². The maximum Gasteiger partial charge on any atom is 0.261 e. The molecule has 2 amide bonds. The Bertz CT molecular complexity index is 466. The van der Waals surface area contributed by atoms with E-state index >= 15 is 0 Å². The average molecular weight is 249 g/mol. The largest absolute Gasteiger partial charge is 0.300 e. The molecule has 1 aliphatic heterocycles. The number of hydrogen-bond donors (Lipinski definition) is 0. The minimum Gasteiger partial charge on any atom is -0.300 e. The fraction of sp³-hybridized carbons (Fsp3) is 0.308.